The number of benzene rings is 1. The van der Waals surface area contributed by atoms with Gasteiger partial charge in [-0.1, -0.05) is 45.9 Å². The Hall–Kier alpha value is -1.06. The van der Waals surface area contributed by atoms with Crippen LogP contribution in [0.15, 0.2) is 24.3 Å². The molecule has 20 heavy (non-hydrogen) atoms. The van der Waals surface area contributed by atoms with Crippen molar-refractivity contribution in [3.63, 3.8) is 0 Å². The number of methoxy groups -OCH3 is 1. The Kier molecular flexibility index (Phi) is 7.03. The van der Waals surface area contributed by atoms with Gasteiger partial charge in [0.2, 0.25) is 0 Å². The van der Waals surface area contributed by atoms with Crippen LogP contribution in [-0.4, -0.2) is 26.9 Å². The molecule has 0 aliphatic heterocycles. The lowest BCUT2D eigenvalue weighted by molar-refractivity contribution is 0.0895. The van der Waals surface area contributed by atoms with E-state index in [-0.39, 0.29) is 6.04 Å². The van der Waals surface area contributed by atoms with Crippen molar-refractivity contribution in [2.45, 2.75) is 40.2 Å². The number of hydrogen-bond donors (Lipinski definition) is 1. The smallest absolute Gasteiger partial charge is 0.123 e. The molecule has 0 heterocycles. The summed E-state index contributed by atoms with van der Waals surface area (Å²) in [4.78, 5) is 0. The summed E-state index contributed by atoms with van der Waals surface area (Å²) >= 11 is 0. The summed E-state index contributed by atoms with van der Waals surface area (Å²) in [6.07, 6.45) is 1.07. The average Bonchev–Trinajstić information content (AvgIpc) is 2.41. The molecule has 0 amide bonds. The molecule has 3 heteroatoms. The van der Waals surface area contributed by atoms with Crippen LogP contribution < -0.4 is 10.1 Å². The van der Waals surface area contributed by atoms with Crippen LogP contribution in [0.2, 0.25) is 0 Å². The van der Waals surface area contributed by atoms with E-state index in [4.69, 9.17) is 9.47 Å². The van der Waals surface area contributed by atoms with E-state index in [0.717, 1.165) is 30.9 Å². The quantitative estimate of drug-likeness (QED) is 0.734. The molecule has 1 unspecified atom stereocenters. The van der Waals surface area contributed by atoms with Crippen LogP contribution in [0, 0.1) is 5.41 Å². The van der Waals surface area contributed by atoms with Crippen LogP contribution in [-0.2, 0) is 4.74 Å². The van der Waals surface area contributed by atoms with Crippen LogP contribution in [0.3, 0.4) is 0 Å². The van der Waals surface area contributed by atoms with Crippen molar-refractivity contribution >= 4 is 0 Å². The predicted octanol–water partition coefficient (Wildman–Crippen LogP) is 3.80. The molecule has 0 saturated carbocycles. The number of hydrogen-bond acceptors (Lipinski definition) is 3. The van der Waals surface area contributed by atoms with Gasteiger partial charge in [0.1, 0.15) is 5.75 Å². The largest absolute Gasteiger partial charge is 0.496 e. The van der Waals surface area contributed by atoms with Crippen molar-refractivity contribution in [1.29, 1.82) is 0 Å². The fourth-order valence-corrected chi connectivity index (χ4v) is 2.04. The molecule has 0 aliphatic rings. The molecule has 1 aromatic carbocycles. The molecule has 0 aromatic heterocycles. The highest BCUT2D eigenvalue weighted by molar-refractivity contribution is 5.35. The molecular weight excluding hydrogens is 250 g/mol. The number of para-hydroxylation sites is 1. The lowest BCUT2D eigenvalue weighted by Gasteiger charge is -2.22. The Morgan fingerprint density at radius 3 is 2.50 bits per heavy atom. The van der Waals surface area contributed by atoms with Crippen molar-refractivity contribution in [3.8, 4) is 5.75 Å². The van der Waals surface area contributed by atoms with Gasteiger partial charge >= 0.3 is 0 Å². The normalized spacial score (nSPS) is 13.2. The lowest BCUT2D eigenvalue weighted by Crippen LogP contribution is -2.26. The Balaban J connectivity index is 2.60. The van der Waals surface area contributed by atoms with Crippen molar-refractivity contribution < 1.29 is 9.47 Å². The fourth-order valence-electron chi connectivity index (χ4n) is 2.04. The second-order valence-corrected chi connectivity index (χ2v) is 6.24. The SMILES string of the molecule is CCNC(COCCC(C)(C)C)c1ccccc1OC. The topological polar surface area (TPSA) is 30.5 Å². The summed E-state index contributed by atoms with van der Waals surface area (Å²) in [5.41, 5.74) is 1.48. The first-order valence-electron chi connectivity index (χ1n) is 7.42. The highest BCUT2D eigenvalue weighted by Gasteiger charge is 2.16. The third kappa shape index (κ3) is 5.93. The van der Waals surface area contributed by atoms with Gasteiger partial charge in [-0.3, -0.25) is 0 Å². The van der Waals surface area contributed by atoms with Crippen molar-refractivity contribution in [2.75, 3.05) is 26.9 Å². The minimum absolute atomic E-state index is 0.177. The molecule has 3 nitrogen and oxygen atoms in total. The van der Waals surface area contributed by atoms with Gasteiger partial charge < -0.3 is 14.8 Å². The van der Waals surface area contributed by atoms with Crippen LogP contribution in [0.5, 0.6) is 5.75 Å². The molecule has 1 atom stereocenters. The molecular formula is C17H29NO2. The van der Waals surface area contributed by atoms with Gasteiger partial charge in [-0.05, 0) is 24.4 Å². The van der Waals surface area contributed by atoms with Gasteiger partial charge in [0.25, 0.3) is 0 Å². The Morgan fingerprint density at radius 2 is 1.90 bits per heavy atom. The number of ether oxygens (including phenoxy) is 2. The lowest BCUT2D eigenvalue weighted by atomic mass is 9.93. The van der Waals surface area contributed by atoms with E-state index in [1.54, 1.807) is 7.11 Å². The summed E-state index contributed by atoms with van der Waals surface area (Å²) < 4.78 is 11.3. The summed E-state index contributed by atoms with van der Waals surface area (Å²) in [5.74, 6) is 0.915. The van der Waals surface area contributed by atoms with Gasteiger partial charge in [-0.15, -0.1) is 0 Å². The highest BCUT2D eigenvalue weighted by Crippen LogP contribution is 2.25. The second kappa shape index (κ2) is 8.28. The number of nitrogens with one attached hydrogen (secondary N) is 1. The Morgan fingerprint density at radius 1 is 1.20 bits per heavy atom. The van der Waals surface area contributed by atoms with Gasteiger partial charge in [-0.25, -0.2) is 0 Å². The molecule has 0 saturated heterocycles. The third-order valence-corrected chi connectivity index (χ3v) is 3.25. The van der Waals surface area contributed by atoms with Crippen LogP contribution in [0.4, 0.5) is 0 Å². The summed E-state index contributed by atoms with van der Waals surface area (Å²) in [5, 5.41) is 3.47. The first-order chi connectivity index (χ1) is 9.48. The monoisotopic (exact) mass is 279 g/mol. The predicted molar refractivity (Wildman–Crippen MR) is 84.3 cm³/mol. The maximum absolute atomic E-state index is 5.86. The van der Waals surface area contributed by atoms with Crippen LogP contribution >= 0.6 is 0 Å². The van der Waals surface area contributed by atoms with E-state index in [2.05, 4.69) is 39.1 Å². The summed E-state index contributed by atoms with van der Waals surface area (Å²) in [7, 11) is 1.71. The molecule has 1 aromatic rings. The maximum Gasteiger partial charge on any atom is 0.123 e. The summed E-state index contributed by atoms with van der Waals surface area (Å²) in [6.45, 7) is 11.2. The molecule has 1 N–H and O–H groups in total. The fraction of sp³-hybridized carbons (Fsp3) is 0.647. The van der Waals surface area contributed by atoms with E-state index in [1.165, 1.54) is 0 Å². The molecule has 114 valence electrons. The second-order valence-electron chi connectivity index (χ2n) is 6.24. The first kappa shape index (κ1) is 17.0. The minimum Gasteiger partial charge on any atom is -0.496 e. The molecule has 0 bridgehead atoms. The Bertz CT molecular complexity index is 385. The van der Waals surface area contributed by atoms with Gasteiger partial charge in [-0.2, -0.15) is 0 Å². The van der Waals surface area contributed by atoms with Crippen molar-refractivity contribution in [1.82, 2.24) is 5.32 Å². The van der Waals surface area contributed by atoms with E-state index >= 15 is 0 Å². The van der Waals surface area contributed by atoms with Crippen molar-refractivity contribution in [3.05, 3.63) is 29.8 Å². The Labute approximate surface area is 123 Å². The van der Waals surface area contributed by atoms with E-state index < -0.39 is 0 Å². The molecule has 0 radical (unpaired) electrons. The molecule has 0 aliphatic carbocycles. The number of rotatable bonds is 8. The van der Waals surface area contributed by atoms with Gasteiger partial charge in [0.15, 0.2) is 0 Å². The van der Waals surface area contributed by atoms with Crippen molar-refractivity contribution in [2.24, 2.45) is 5.41 Å². The zero-order chi connectivity index (χ0) is 15.0. The number of likely N-dealkylation sites (N-methyl/N-ethyl adjacent to an activating group) is 1. The summed E-state index contributed by atoms with van der Waals surface area (Å²) in [6, 6.07) is 8.30. The van der Waals surface area contributed by atoms with E-state index in [9.17, 15) is 0 Å². The standard InChI is InChI=1S/C17H29NO2/c1-6-18-15(13-20-12-11-17(2,3)4)14-9-7-8-10-16(14)19-5/h7-10,15,18H,6,11-13H2,1-5H3. The van der Waals surface area contributed by atoms with Gasteiger partial charge in [0, 0.05) is 12.2 Å². The molecule has 1 rings (SSSR count). The van der Waals surface area contributed by atoms with Crippen LogP contribution in [0.25, 0.3) is 0 Å². The van der Waals surface area contributed by atoms with Crippen LogP contribution in [0.1, 0.15) is 45.7 Å². The average molecular weight is 279 g/mol. The molecule has 0 spiro atoms. The zero-order valence-corrected chi connectivity index (χ0v) is 13.5. The maximum atomic E-state index is 5.86. The zero-order valence-electron chi connectivity index (χ0n) is 13.5. The minimum atomic E-state index is 0.177. The molecule has 0 fully saturated rings. The highest BCUT2D eigenvalue weighted by atomic mass is 16.5. The first-order valence-corrected chi connectivity index (χ1v) is 7.42. The van der Waals surface area contributed by atoms with Gasteiger partial charge in [0.05, 0.1) is 19.8 Å². The van der Waals surface area contributed by atoms with E-state index in [0.29, 0.717) is 12.0 Å². The third-order valence-electron chi connectivity index (χ3n) is 3.25. The van der Waals surface area contributed by atoms with E-state index in [1.807, 2.05) is 18.2 Å².